The first kappa shape index (κ1) is 19.9. The number of hydrogen-bond acceptors (Lipinski definition) is 5. The fourth-order valence-electron chi connectivity index (χ4n) is 3.16. The lowest BCUT2D eigenvalue weighted by molar-refractivity contribution is -0.116. The number of anilines is 1. The molecule has 0 saturated carbocycles. The number of aromatic nitrogens is 2. The molecular weight excluding hydrogens is 386 g/mol. The monoisotopic (exact) mass is 409 g/mol. The third-order valence-corrected chi connectivity index (χ3v) is 6.00. The van der Waals surface area contributed by atoms with Gasteiger partial charge in [-0.05, 0) is 52.0 Å². The van der Waals surface area contributed by atoms with Crippen LogP contribution in [-0.4, -0.2) is 27.8 Å². The van der Waals surface area contributed by atoms with E-state index in [9.17, 15) is 9.59 Å². The number of amides is 1. The molecule has 1 N–H and O–H groups in total. The zero-order valence-corrected chi connectivity index (χ0v) is 17.4. The van der Waals surface area contributed by atoms with Crippen LogP contribution in [0.15, 0.2) is 6.20 Å². The Hall–Kier alpha value is -1.86. The van der Waals surface area contributed by atoms with Crippen molar-refractivity contribution in [2.24, 2.45) is 0 Å². The number of fused-ring (bicyclic) bond motifs is 1. The van der Waals surface area contributed by atoms with Crippen LogP contribution in [0.1, 0.15) is 59.6 Å². The Balaban J connectivity index is 1.73. The zero-order chi connectivity index (χ0) is 19.6. The van der Waals surface area contributed by atoms with Crippen LogP contribution < -0.4 is 5.32 Å². The summed E-state index contributed by atoms with van der Waals surface area (Å²) in [5.74, 6) is -0.509. The van der Waals surface area contributed by atoms with Gasteiger partial charge in [-0.25, -0.2) is 4.79 Å². The van der Waals surface area contributed by atoms with Crippen molar-refractivity contribution in [1.82, 2.24) is 9.78 Å². The van der Waals surface area contributed by atoms with Crippen LogP contribution in [-0.2, 0) is 28.9 Å². The summed E-state index contributed by atoms with van der Waals surface area (Å²) in [6.45, 7) is 5.90. The second-order valence-electron chi connectivity index (χ2n) is 6.99. The van der Waals surface area contributed by atoms with E-state index in [1.165, 1.54) is 16.2 Å². The van der Waals surface area contributed by atoms with Gasteiger partial charge in [0.1, 0.15) is 5.00 Å². The molecule has 0 atom stereocenters. The number of hydrogen-bond donors (Lipinski definition) is 1. The molecule has 1 amide bonds. The lowest BCUT2D eigenvalue weighted by atomic mass is 9.95. The molecule has 1 aliphatic rings. The minimum Gasteiger partial charge on any atom is -0.459 e. The number of carbonyl (C=O) groups excluding carboxylic acids is 2. The number of halogens is 1. The van der Waals surface area contributed by atoms with E-state index in [0.29, 0.717) is 22.1 Å². The standard InChI is InChI=1S/C19H24ClN3O3S/c1-11(2)26-19(25)17-13-6-4-5-7-15(13)27-18(17)21-16(24)8-9-23-10-14(20)12(3)22-23/h10-11H,4-9H2,1-3H3,(H,21,24). The van der Waals surface area contributed by atoms with E-state index in [4.69, 9.17) is 16.3 Å². The number of thiophene rings is 1. The Labute approximate surface area is 167 Å². The number of esters is 1. The van der Waals surface area contributed by atoms with Gasteiger partial charge in [0.25, 0.3) is 0 Å². The van der Waals surface area contributed by atoms with Crippen molar-refractivity contribution in [1.29, 1.82) is 0 Å². The molecule has 146 valence electrons. The predicted octanol–water partition coefficient (Wildman–Crippen LogP) is 4.38. The third kappa shape index (κ3) is 4.71. The Bertz CT molecular complexity index is 837. The van der Waals surface area contributed by atoms with Crippen LogP contribution in [0.2, 0.25) is 5.02 Å². The van der Waals surface area contributed by atoms with Crippen LogP contribution in [0.5, 0.6) is 0 Å². The van der Waals surface area contributed by atoms with Crippen LogP contribution >= 0.6 is 22.9 Å². The summed E-state index contributed by atoms with van der Waals surface area (Å²) in [6, 6.07) is 0. The lowest BCUT2D eigenvalue weighted by Gasteiger charge is -2.14. The number of aryl methyl sites for hydroxylation is 3. The molecule has 6 nitrogen and oxygen atoms in total. The Morgan fingerprint density at radius 2 is 2.11 bits per heavy atom. The van der Waals surface area contributed by atoms with Crippen LogP contribution in [0.3, 0.4) is 0 Å². The highest BCUT2D eigenvalue weighted by Crippen LogP contribution is 2.38. The summed E-state index contributed by atoms with van der Waals surface area (Å²) in [5.41, 5.74) is 2.32. The molecule has 1 aliphatic carbocycles. The van der Waals surface area contributed by atoms with Gasteiger partial charge in [0.05, 0.1) is 22.4 Å². The summed E-state index contributed by atoms with van der Waals surface area (Å²) < 4.78 is 7.07. The van der Waals surface area contributed by atoms with E-state index in [1.54, 1.807) is 10.9 Å². The van der Waals surface area contributed by atoms with Gasteiger partial charge in [-0.3, -0.25) is 9.48 Å². The van der Waals surface area contributed by atoms with E-state index < -0.39 is 0 Å². The topological polar surface area (TPSA) is 73.2 Å². The van der Waals surface area contributed by atoms with Crippen molar-refractivity contribution in [3.8, 4) is 0 Å². The van der Waals surface area contributed by atoms with Crippen molar-refractivity contribution >= 4 is 39.8 Å². The summed E-state index contributed by atoms with van der Waals surface area (Å²) >= 11 is 7.49. The quantitative estimate of drug-likeness (QED) is 0.718. The normalized spacial score (nSPS) is 13.5. The summed E-state index contributed by atoms with van der Waals surface area (Å²) in [6.07, 6.45) is 5.72. The van der Waals surface area contributed by atoms with E-state index in [2.05, 4.69) is 10.4 Å². The molecule has 0 bridgehead atoms. The van der Waals surface area contributed by atoms with Crippen molar-refractivity contribution in [2.45, 2.75) is 65.5 Å². The number of rotatable bonds is 6. The van der Waals surface area contributed by atoms with Crippen molar-refractivity contribution in [3.05, 3.63) is 32.9 Å². The maximum Gasteiger partial charge on any atom is 0.341 e. The van der Waals surface area contributed by atoms with Gasteiger partial charge in [0, 0.05) is 24.0 Å². The fraction of sp³-hybridized carbons (Fsp3) is 0.526. The maximum absolute atomic E-state index is 12.6. The highest BCUT2D eigenvalue weighted by molar-refractivity contribution is 7.17. The molecule has 2 heterocycles. The molecule has 0 radical (unpaired) electrons. The molecule has 0 aromatic carbocycles. The summed E-state index contributed by atoms with van der Waals surface area (Å²) in [5, 5.41) is 8.36. The Morgan fingerprint density at radius 1 is 1.37 bits per heavy atom. The molecule has 0 unspecified atom stereocenters. The molecule has 2 aromatic heterocycles. The lowest BCUT2D eigenvalue weighted by Crippen LogP contribution is -2.18. The van der Waals surface area contributed by atoms with Gasteiger partial charge >= 0.3 is 5.97 Å². The van der Waals surface area contributed by atoms with Gasteiger partial charge in [-0.15, -0.1) is 11.3 Å². The van der Waals surface area contributed by atoms with Crippen molar-refractivity contribution in [3.63, 3.8) is 0 Å². The largest absolute Gasteiger partial charge is 0.459 e. The molecule has 2 aromatic rings. The fourth-order valence-corrected chi connectivity index (χ4v) is 4.60. The number of nitrogens with one attached hydrogen (secondary N) is 1. The van der Waals surface area contributed by atoms with Gasteiger partial charge in [0.15, 0.2) is 0 Å². The van der Waals surface area contributed by atoms with Gasteiger partial charge in [-0.2, -0.15) is 5.10 Å². The number of ether oxygens (including phenoxy) is 1. The summed E-state index contributed by atoms with van der Waals surface area (Å²) in [7, 11) is 0. The zero-order valence-electron chi connectivity index (χ0n) is 15.8. The number of nitrogens with zero attached hydrogens (tertiary/aromatic N) is 2. The minimum atomic E-state index is -0.353. The van der Waals surface area contributed by atoms with E-state index in [1.807, 2.05) is 20.8 Å². The van der Waals surface area contributed by atoms with Gasteiger partial charge < -0.3 is 10.1 Å². The molecule has 0 fully saturated rings. The Morgan fingerprint density at radius 3 is 2.78 bits per heavy atom. The first-order valence-corrected chi connectivity index (χ1v) is 10.4. The second kappa shape index (κ2) is 8.44. The number of carbonyl (C=O) groups is 2. The molecular formula is C19H24ClN3O3S. The van der Waals surface area contributed by atoms with Crippen molar-refractivity contribution < 1.29 is 14.3 Å². The molecule has 0 spiro atoms. The predicted molar refractivity (Wildman–Crippen MR) is 107 cm³/mol. The van der Waals surface area contributed by atoms with Crippen LogP contribution in [0.25, 0.3) is 0 Å². The van der Waals surface area contributed by atoms with E-state index >= 15 is 0 Å². The minimum absolute atomic E-state index is 0.156. The maximum atomic E-state index is 12.6. The second-order valence-corrected chi connectivity index (χ2v) is 8.51. The smallest absolute Gasteiger partial charge is 0.341 e. The molecule has 0 saturated heterocycles. The van der Waals surface area contributed by atoms with Gasteiger partial charge in [0.2, 0.25) is 5.91 Å². The summed E-state index contributed by atoms with van der Waals surface area (Å²) in [4.78, 5) is 26.3. The van der Waals surface area contributed by atoms with E-state index in [0.717, 1.165) is 36.9 Å². The van der Waals surface area contributed by atoms with Crippen molar-refractivity contribution in [2.75, 3.05) is 5.32 Å². The molecule has 8 heteroatoms. The van der Waals surface area contributed by atoms with Gasteiger partial charge in [-0.1, -0.05) is 11.6 Å². The first-order chi connectivity index (χ1) is 12.8. The van der Waals surface area contributed by atoms with Crippen LogP contribution in [0, 0.1) is 6.92 Å². The average Bonchev–Trinajstić information content (AvgIpc) is 3.11. The highest BCUT2D eigenvalue weighted by atomic mass is 35.5. The highest BCUT2D eigenvalue weighted by Gasteiger charge is 2.27. The average molecular weight is 410 g/mol. The van der Waals surface area contributed by atoms with E-state index in [-0.39, 0.29) is 24.4 Å². The van der Waals surface area contributed by atoms with Crippen LogP contribution in [0.4, 0.5) is 5.00 Å². The Kier molecular flexibility index (Phi) is 6.22. The SMILES string of the molecule is Cc1nn(CCC(=O)Nc2sc3c(c2C(=O)OC(C)C)CCCC3)cc1Cl. The first-order valence-electron chi connectivity index (χ1n) is 9.20. The third-order valence-electron chi connectivity index (χ3n) is 4.43. The molecule has 3 rings (SSSR count). The molecule has 27 heavy (non-hydrogen) atoms. The molecule has 0 aliphatic heterocycles.